The van der Waals surface area contributed by atoms with Crippen molar-refractivity contribution in [1.82, 2.24) is 9.88 Å². The lowest BCUT2D eigenvalue weighted by Gasteiger charge is -2.28. The van der Waals surface area contributed by atoms with Crippen LogP contribution < -0.4 is 14.2 Å². The summed E-state index contributed by atoms with van der Waals surface area (Å²) < 4.78 is 56.7. The van der Waals surface area contributed by atoms with E-state index in [-0.39, 0.29) is 27.0 Å². The highest BCUT2D eigenvalue weighted by Gasteiger charge is 2.44. The van der Waals surface area contributed by atoms with Gasteiger partial charge in [-0.1, -0.05) is 0 Å². The smallest absolute Gasteiger partial charge is 0.427 e. The molecule has 0 radical (unpaired) electrons. The molecule has 1 N–H and O–H groups in total. The number of hydrogen-bond donors (Lipinski definition) is 1. The van der Waals surface area contributed by atoms with Crippen LogP contribution in [-0.4, -0.2) is 54.1 Å². The summed E-state index contributed by atoms with van der Waals surface area (Å²) in [5.74, 6) is 0.603. The minimum atomic E-state index is -4.83. The Balaban J connectivity index is 2.30. The quantitative estimate of drug-likeness (QED) is 0.485. The van der Waals surface area contributed by atoms with Crippen LogP contribution in [0.25, 0.3) is 0 Å². The molecule has 0 aliphatic carbocycles. The standard InChI is InChI=1S/C18H17Br2F3N2O5/c1-28-11-4-3-10(14(5-11)29-2)8-25(17(26)27)9-15(18(21,22)23)30-16-12(19)6-24-7-13(16)20/h3-7,15H,8-9H2,1-2H3,(H,26,27). The third-order valence-electron chi connectivity index (χ3n) is 3.95. The number of rotatable bonds is 8. The van der Waals surface area contributed by atoms with Crippen LogP contribution in [0.4, 0.5) is 18.0 Å². The van der Waals surface area contributed by atoms with Crippen LogP contribution in [0.15, 0.2) is 39.5 Å². The zero-order valence-electron chi connectivity index (χ0n) is 15.7. The Kier molecular flexibility index (Phi) is 8.18. The van der Waals surface area contributed by atoms with Crippen molar-refractivity contribution in [3.63, 3.8) is 0 Å². The SMILES string of the molecule is COc1ccc(CN(CC(Oc2c(Br)cncc2Br)C(F)(F)F)C(=O)O)c(OC)c1. The second-order valence-corrected chi connectivity index (χ2v) is 7.63. The van der Waals surface area contributed by atoms with E-state index < -0.39 is 24.9 Å². The normalized spacial score (nSPS) is 12.2. The minimum Gasteiger partial charge on any atom is -0.497 e. The molecule has 12 heteroatoms. The van der Waals surface area contributed by atoms with Gasteiger partial charge in [0.1, 0.15) is 11.5 Å². The van der Waals surface area contributed by atoms with Gasteiger partial charge in [-0.2, -0.15) is 13.2 Å². The molecule has 1 amide bonds. The predicted molar refractivity (Wildman–Crippen MR) is 108 cm³/mol. The monoisotopic (exact) mass is 556 g/mol. The van der Waals surface area contributed by atoms with E-state index in [0.29, 0.717) is 16.2 Å². The molecule has 0 aliphatic heterocycles. The Hall–Kier alpha value is -2.21. The van der Waals surface area contributed by atoms with Gasteiger partial charge in [0.05, 0.1) is 36.3 Å². The van der Waals surface area contributed by atoms with Gasteiger partial charge in [0.25, 0.3) is 0 Å². The number of aromatic nitrogens is 1. The second-order valence-electron chi connectivity index (χ2n) is 5.92. The summed E-state index contributed by atoms with van der Waals surface area (Å²) in [4.78, 5) is 16.1. The van der Waals surface area contributed by atoms with Crippen LogP contribution in [0.1, 0.15) is 5.56 Å². The van der Waals surface area contributed by atoms with Gasteiger partial charge < -0.3 is 19.3 Å². The van der Waals surface area contributed by atoms with E-state index >= 15 is 0 Å². The van der Waals surface area contributed by atoms with Crippen LogP contribution in [0.3, 0.4) is 0 Å². The molecule has 7 nitrogen and oxygen atoms in total. The van der Waals surface area contributed by atoms with Gasteiger partial charge in [0, 0.05) is 24.0 Å². The molecule has 1 unspecified atom stereocenters. The number of methoxy groups -OCH3 is 2. The van der Waals surface area contributed by atoms with Gasteiger partial charge in [0.15, 0.2) is 5.75 Å². The number of nitrogens with zero attached hydrogens (tertiary/aromatic N) is 2. The lowest BCUT2D eigenvalue weighted by atomic mass is 10.1. The van der Waals surface area contributed by atoms with Gasteiger partial charge in [-0.15, -0.1) is 0 Å². The maximum Gasteiger partial charge on any atom is 0.427 e. The lowest BCUT2D eigenvalue weighted by molar-refractivity contribution is -0.198. The van der Waals surface area contributed by atoms with Crippen LogP contribution in [0.2, 0.25) is 0 Å². The van der Waals surface area contributed by atoms with Crippen LogP contribution >= 0.6 is 31.9 Å². The Morgan fingerprint density at radius 3 is 2.33 bits per heavy atom. The van der Waals surface area contributed by atoms with E-state index in [4.69, 9.17) is 14.2 Å². The maximum absolute atomic E-state index is 13.6. The molecule has 0 bridgehead atoms. The van der Waals surface area contributed by atoms with Crippen LogP contribution in [0, 0.1) is 0 Å². The fourth-order valence-electron chi connectivity index (χ4n) is 2.46. The molecular weight excluding hydrogens is 541 g/mol. The summed E-state index contributed by atoms with van der Waals surface area (Å²) in [6, 6.07) is 4.59. The summed E-state index contributed by atoms with van der Waals surface area (Å²) in [6.45, 7) is -1.31. The molecule has 0 saturated heterocycles. The predicted octanol–water partition coefficient (Wildman–Crippen LogP) is 5.11. The van der Waals surface area contributed by atoms with Crippen LogP contribution in [-0.2, 0) is 6.54 Å². The Bertz CT molecular complexity index is 878. The van der Waals surface area contributed by atoms with Gasteiger partial charge in [-0.25, -0.2) is 4.79 Å². The topological polar surface area (TPSA) is 81.1 Å². The number of alkyl halides is 3. The molecule has 1 heterocycles. The number of carbonyl (C=O) groups is 1. The molecule has 1 atom stereocenters. The van der Waals surface area contributed by atoms with Crippen molar-refractivity contribution in [3.8, 4) is 17.2 Å². The van der Waals surface area contributed by atoms with Crippen LogP contribution in [0.5, 0.6) is 17.2 Å². The third kappa shape index (κ3) is 6.14. The third-order valence-corrected chi connectivity index (χ3v) is 5.08. The largest absolute Gasteiger partial charge is 0.497 e. The fourth-order valence-corrected chi connectivity index (χ4v) is 3.58. The Morgan fingerprint density at radius 1 is 1.20 bits per heavy atom. The average molecular weight is 558 g/mol. The first-order valence-corrected chi connectivity index (χ1v) is 9.86. The van der Waals surface area contributed by atoms with E-state index in [0.717, 1.165) is 0 Å². The summed E-state index contributed by atoms with van der Waals surface area (Å²) in [5, 5.41) is 9.50. The van der Waals surface area contributed by atoms with Crippen molar-refractivity contribution >= 4 is 38.0 Å². The molecular formula is C18H17Br2F3N2O5. The number of amides is 1. The highest BCUT2D eigenvalue weighted by molar-refractivity contribution is 9.11. The number of carboxylic acid groups (broad SMARTS) is 1. The van der Waals surface area contributed by atoms with Crippen molar-refractivity contribution in [2.75, 3.05) is 20.8 Å². The first-order chi connectivity index (χ1) is 14.1. The molecule has 0 spiro atoms. The molecule has 1 aromatic carbocycles. The molecule has 0 fully saturated rings. The van der Waals surface area contributed by atoms with E-state index in [1.165, 1.54) is 38.7 Å². The highest BCUT2D eigenvalue weighted by atomic mass is 79.9. The number of ether oxygens (including phenoxy) is 3. The first kappa shape index (κ1) is 24.1. The zero-order valence-corrected chi connectivity index (χ0v) is 18.9. The number of halogens is 5. The molecule has 0 saturated carbocycles. The molecule has 0 aliphatic rings. The number of pyridine rings is 1. The van der Waals surface area contributed by atoms with E-state index in [2.05, 4.69) is 36.8 Å². The zero-order chi connectivity index (χ0) is 22.5. The molecule has 164 valence electrons. The van der Waals surface area contributed by atoms with E-state index in [1.54, 1.807) is 6.07 Å². The maximum atomic E-state index is 13.6. The molecule has 2 rings (SSSR count). The Labute approximate surface area is 187 Å². The fraction of sp³-hybridized carbons (Fsp3) is 0.333. The highest BCUT2D eigenvalue weighted by Crippen LogP contribution is 2.36. The van der Waals surface area contributed by atoms with Gasteiger partial charge in [-0.05, 0) is 44.0 Å². The summed E-state index contributed by atoms with van der Waals surface area (Å²) in [6.07, 6.45) is -6.26. The van der Waals surface area contributed by atoms with Crippen molar-refractivity contribution in [3.05, 3.63) is 45.1 Å². The lowest BCUT2D eigenvalue weighted by Crippen LogP contribution is -2.46. The second kappa shape index (κ2) is 10.2. The van der Waals surface area contributed by atoms with Gasteiger partial charge in [0.2, 0.25) is 6.10 Å². The van der Waals surface area contributed by atoms with Crippen molar-refractivity contribution < 1.29 is 37.3 Å². The van der Waals surface area contributed by atoms with E-state index in [1.807, 2.05) is 0 Å². The van der Waals surface area contributed by atoms with Crippen molar-refractivity contribution in [2.24, 2.45) is 0 Å². The molecule has 30 heavy (non-hydrogen) atoms. The summed E-state index contributed by atoms with van der Waals surface area (Å²) in [5.41, 5.74) is 0.368. The van der Waals surface area contributed by atoms with Gasteiger partial charge >= 0.3 is 12.3 Å². The number of benzene rings is 1. The average Bonchev–Trinajstić information content (AvgIpc) is 2.68. The Morgan fingerprint density at radius 2 is 1.83 bits per heavy atom. The summed E-state index contributed by atoms with van der Waals surface area (Å²) >= 11 is 6.16. The summed E-state index contributed by atoms with van der Waals surface area (Å²) in [7, 11) is 2.81. The van der Waals surface area contributed by atoms with Crippen molar-refractivity contribution in [2.45, 2.75) is 18.8 Å². The van der Waals surface area contributed by atoms with E-state index in [9.17, 15) is 23.1 Å². The van der Waals surface area contributed by atoms with Crippen molar-refractivity contribution in [1.29, 1.82) is 0 Å². The van der Waals surface area contributed by atoms with Gasteiger partial charge in [-0.3, -0.25) is 9.88 Å². The number of hydrogen-bond acceptors (Lipinski definition) is 5. The first-order valence-electron chi connectivity index (χ1n) is 8.28. The molecule has 2 aromatic rings. The minimum absolute atomic E-state index is 0.139. The molecule has 1 aromatic heterocycles.